The molecule has 1 fully saturated rings. The van der Waals surface area contributed by atoms with Crippen molar-refractivity contribution in [2.45, 2.75) is 44.4 Å². The van der Waals surface area contributed by atoms with Crippen molar-refractivity contribution in [1.82, 2.24) is 5.32 Å². The van der Waals surface area contributed by atoms with Gasteiger partial charge in [0.15, 0.2) is 0 Å². The lowest BCUT2D eigenvalue weighted by molar-refractivity contribution is -0.155. The van der Waals surface area contributed by atoms with Crippen LogP contribution in [-0.4, -0.2) is 18.1 Å². The largest absolute Gasteiger partial charge is 0.461 e. The van der Waals surface area contributed by atoms with E-state index in [-0.39, 0.29) is 18.1 Å². The first-order valence-electron chi connectivity index (χ1n) is 6.33. The van der Waals surface area contributed by atoms with Gasteiger partial charge in [0.05, 0.1) is 0 Å². The van der Waals surface area contributed by atoms with E-state index in [2.05, 4.69) is 17.4 Å². The zero-order valence-electron chi connectivity index (χ0n) is 9.82. The number of carbonyl (C=O) groups excluding carboxylic acids is 1. The van der Waals surface area contributed by atoms with Crippen LogP contribution in [0.25, 0.3) is 0 Å². The van der Waals surface area contributed by atoms with Crippen LogP contribution in [0.5, 0.6) is 0 Å². The van der Waals surface area contributed by atoms with Gasteiger partial charge in [0, 0.05) is 6.54 Å². The third-order valence-corrected chi connectivity index (χ3v) is 3.70. The molecule has 0 bridgehead atoms. The third-order valence-electron chi connectivity index (χ3n) is 3.70. The van der Waals surface area contributed by atoms with Gasteiger partial charge >= 0.3 is 5.97 Å². The fourth-order valence-corrected chi connectivity index (χ4v) is 2.36. The maximum atomic E-state index is 11.9. The molecule has 1 aliphatic heterocycles. The number of hydrogen-bond acceptors (Lipinski definition) is 3. The molecule has 90 valence electrons. The minimum atomic E-state index is -0.162. The number of benzene rings is 1. The maximum Gasteiger partial charge on any atom is 0.323 e. The Labute approximate surface area is 101 Å². The number of rotatable bonds is 2. The number of ether oxygens (including phenoxy) is 1. The molecule has 0 amide bonds. The molecule has 0 saturated heterocycles. The summed E-state index contributed by atoms with van der Waals surface area (Å²) in [5, 5.41) is 3.25. The van der Waals surface area contributed by atoms with E-state index >= 15 is 0 Å². The van der Waals surface area contributed by atoms with E-state index in [1.54, 1.807) is 0 Å². The van der Waals surface area contributed by atoms with Crippen LogP contribution in [0.4, 0.5) is 0 Å². The van der Waals surface area contributed by atoms with Crippen LogP contribution < -0.4 is 5.32 Å². The van der Waals surface area contributed by atoms with Crippen molar-refractivity contribution in [2.75, 3.05) is 0 Å². The lowest BCUT2D eigenvalue weighted by Gasteiger charge is -2.30. The Morgan fingerprint density at radius 3 is 2.71 bits per heavy atom. The van der Waals surface area contributed by atoms with E-state index in [4.69, 9.17) is 4.74 Å². The molecule has 1 saturated carbocycles. The lowest BCUT2D eigenvalue weighted by Crippen LogP contribution is -2.44. The number of nitrogens with one attached hydrogen (secondary N) is 1. The summed E-state index contributed by atoms with van der Waals surface area (Å²) in [6.45, 7) is 0.764. The maximum absolute atomic E-state index is 11.9. The molecule has 0 radical (unpaired) electrons. The Hall–Kier alpha value is -1.35. The average molecular weight is 231 g/mol. The van der Waals surface area contributed by atoms with E-state index in [0.717, 1.165) is 25.8 Å². The van der Waals surface area contributed by atoms with E-state index < -0.39 is 0 Å². The van der Waals surface area contributed by atoms with Gasteiger partial charge in [-0.25, -0.2) is 0 Å². The first-order valence-corrected chi connectivity index (χ1v) is 6.33. The van der Waals surface area contributed by atoms with Crippen LogP contribution in [-0.2, 0) is 22.5 Å². The van der Waals surface area contributed by atoms with Gasteiger partial charge in [-0.1, -0.05) is 24.3 Å². The van der Waals surface area contributed by atoms with Gasteiger partial charge in [-0.05, 0) is 36.8 Å². The highest BCUT2D eigenvalue weighted by Crippen LogP contribution is 2.23. The number of esters is 1. The third kappa shape index (κ3) is 2.20. The van der Waals surface area contributed by atoms with Gasteiger partial charge in [-0.3, -0.25) is 4.79 Å². The molecule has 1 N–H and O–H groups in total. The van der Waals surface area contributed by atoms with E-state index in [1.165, 1.54) is 17.5 Å². The van der Waals surface area contributed by atoms with Crippen molar-refractivity contribution in [1.29, 1.82) is 0 Å². The monoisotopic (exact) mass is 231 g/mol. The second-order valence-electron chi connectivity index (χ2n) is 4.90. The molecule has 1 heterocycles. The highest BCUT2D eigenvalue weighted by atomic mass is 16.5. The summed E-state index contributed by atoms with van der Waals surface area (Å²) < 4.78 is 5.44. The second kappa shape index (κ2) is 4.49. The standard InChI is InChI=1S/C14H17NO2/c16-14(17-12-6-3-7-12)13-8-10-4-1-2-5-11(10)9-15-13/h1-2,4-5,12-13,15H,3,6-9H2/t13-/m0/s1. The van der Waals surface area contributed by atoms with Gasteiger partial charge in [0.25, 0.3) is 0 Å². The fourth-order valence-electron chi connectivity index (χ4n) is 2.36. The topological polar surface area (TPSA) is 38.3 Å². The molecule has 1 atom stereocenters. The van der Waals surface area contributed by atoms with Gasteiger partial charge in [-0.15, -0.1) is 0 Å². The first kappa shape index (κ1) is 10.8. The van der Waals surface area contributed by atoms with Crippen LogP contribution >= 0.6 is 0 Å². The molecule has 3 rings (SSSR count). The molecule has 17 heavy (non-hydrogen) atoms. The SMILES string of the molecule is O=C(OC1CCC1)[C@@H]1Cc2ccccc2CN1. The van der Waals surface area contributed by atoms with Crippen molar-refractivity contribution in [2.24, 2.45) is 0 Å². The molecule has 1 aromatic carbocycles. The summed E-state index contributed by atoms with van der Waals surface area (Å²) in [5.41, 5.74) is 2.56. The minimum absolute atomic E-state index is 0.0794. The fraction of sp³-hybridized carbons (Fsp3) is 0.500. The van der Waals surface area contributed by atoms with Gasteiger partial charge in [0.1, 0.15) is 12.1 Å². The van der Waals surface area contributed by atoms with Gasteiger partial charge in [0.2, 0.25) is 0 Å². The summed E-state index contributed by atoms with van der Waals surface area (Å²) in [4.78, 5) is 11.9. The number of fused-ring (bicyclic) bond motifs is 1. The van der Waals surface area contributed by atoms with Crippen molar-refractivity contribution < 1.29 is 9.53 Å². The first-order chi connectivity index (χ1) is 8.33. The quantitative estimate of drug-likeness (QED) is 0.789. The van der Waals surface area contributed by atoms with E-state index in [0.29, 0.717) is 0 Å². The smallest absolute Gasteiger partial charge is 0.323 e. The van der Waals surface area contributed by atoms with Gasteiger partial charge < -0.3 is 10.1 Å². The molecular weight excluding hydrogens is 214 g/mol. The Morgan fingerprint density at radius 1 is 1.24 bits per heavy atom. The minimum Gasteiger partial charge on any atom is -0.461 e. The van der Waals surface area contributed by atoms with E-state index in [1.807, 2.05) is 12.1 Å². The van der Waals surface area contributed by atoms with Crippen molar-refractivity contribution in [3.8, 4) is 0 Å². The molecule has 0 unspecified atom stereocenters. The number of hydrogen-bond donors (Lipinski definition) is 1. The molecule has 1 aliphatic carbocycles. The summed E-state index contributed by atoms with van der Waals surface area (Å²) >= 11 is 0. The molecule has 0 spiro atoms. The van der Waals surface area contributed by atoms with Crippen LogP contribution in [0.2, 0.25) is 0 Å². The Morgan fingerprint density at radius 2 is 2.00 bits per heavy atom. The Bertz CT molecular complexity index is 426. The van der Waals surface area contributed by atoms with Crippen LogP contribution in [0.3, 0.4) is 0 Å². The van der Waals surface area contributed by atoms with Gasteiger partial charge in [-0.2, -0.15) is 0 Å². The summed E-state index contributed by atoms with van der Waals surface area (Å²) in [6.07, 6.45) is 4.20. The van der Waals surface area contributed by atoms with Crippen LogP contribution in [0, 0.1) is 0 Å². The lowest BCUT2D eigenvalue weighted by atomic mass is 9.94. The predicted octanol–water partition coefficient (Wildman–Crippen LogP) is 1.80. The average Bonchev–Trinajstić information content (AvgIpc) is 2.33. The predicted molar refractivity (Wildman–Crippen MR) is 64.5 cm³/mol. The van der Waals surface area contributed by atoms with E-state index in [9.17, 15) is 4.79 Å². The van der Waals surface area contributed by atoms with Crippen LogP contribution in [0.15, 0.2) is 24.3 Å². The zero-order chi connectivity index (χ0) is 11.7. The Kier molecular flexibility index (Phi) is 2.85. The molecule has 3 heteroatoms. The Balaban J connectivity index is 1.64. The molecular formula is C14H17NO2. The number of carbonyl (C=O) groups is 1. The summed E-state index contributed by atoms with van der Waals surface area (Å²) in [7, 11) is 0. The molecule has 1 aromatic rings. The second-order valence-corrected chi connectivity index (χ2v) is 4.90. The van der Waals surface area contributed by atoms with Crippen molar-refractivity contribution in [3.05, 3.63) is 35.4 Å². The highest BCUT2D eigenvalue weighted by molar-refractivity contribution is 5.77. The van der Waals surface area contributed by atoms with Crippen molar-refractivity contribution >= 4 is 5.97 Å². The van der Waals surface area contributed by atoms with Crippen molar-refractivity contribution in [3.63, 3.8) is 0 Å². The molecule has 0 aromatic heterocycles. The zero-order valence-corrected chi connectivity index (χ0v) is 9.82. The normalized spacial score (nSPS) is 23.6. The summed E-state index contributed by atoms with van der Waals surface area (Å²) in [6, 6.07) is 8.10. The van der Waals surface area contributed by atoms with Crippen LogP contribution in [0.1, 0.15) is 30.4 Å². The highest BCUT2D eigenvalue weighted by Gasteiger charge is 2.29. The molecule has 2 aliphatic rings. The summed E-state index contributed by atoms with van der Waals surface area (Å²) in [5.74, 6) is -0.0794. The molecule has 3 nitrogen and oxygen atoms in total.